The molecule has 0 radical (unpaired) electrons. The molecule has 33 heavy (non-hydrogen) atoms. The molecular weight excluding hydrogens is 432 g/mol. The third-order valence-corrected chi connectivity index (χ3v) is 6.23. The van der Waals surface area contributed by atoms with Crippen LogP contribution in [0, 0.1) is 6.92 Å². The van der Waals surface area contributed by atoms with E-state index in [9.17, 15) is 9.59 Å². The van der Waals surface area contributed by atoms with E-state index in [0.29, 0.717) is 23.8 Å². The lowest BCUT2D eigenvalue weighted by atomic mass is 10.1. The van der Waals surface area contributed by atoms with Crippen molar-refractivity contribution in [2.75, 3.05) is 18.4 Å². The molecule has 174 valence electrons. The highest BCUT2D eigenvalue weighted by atomic mass is 32.1. The Labute approximate surface area is 200 Å². The lowest BCUT2D eigenvalue weighted by molar-refractivity contribution is -0.116. The standard InChI is InChI=1S/C26H32N4O2S/c1-4-6-9-20-11-13-21(14-12-20)25(32)30(16-5-2)17-15-23(31)27-26-29-28-24(33-26)22-10-7-8-19(3)18-22/h7-8,10-14,18H,4-6,9,15-17H2,1-3H3,(H,27,29,31). The molecule has 0 bridgehead atoms. The predicted molar refractivity (Wildman–Crippen MR) is 135 cm³/mol. The number of rotatable bonds is 11. The third kappa shape index (κ3) is 7.22. The van der Waals surface area contributed by atoms with Gasteiger partial charge in [-0.15, -0.1) is 10.2 Å². The van der Waals surface area contributed by atoms with E-state index in [0.717, 1.165) is 41.8 Å². The van der Waals surface area contributed by atoms with Crippen LogP contribution in [-0.4, -0.2) is 40.0 Å². The lowest BCUT2D eigenvalue weighted by Gasteiger charge is -2.22. The van der Waals surface area contributed by atoms with Crippen LogP contribution in [0.2, 0.25) is 0 Å². The number of aryl methyl sites for hydroxylation is 2. The second-order valence-corrected chi connectivity index (χ2v) is 9.15. The molecule has 7 heteroatoms. The van der Waals surface area contributed by atoms with Crippen molar-refractivity contribution >= 4 is 28.3 Å². The first-order valence-electron chi connectivity index (χ1n) is 11.6. The Balaban J connectivity index is 1.56. The number of nitrogens with zero attached hydrogens (tertiary/aromatic N) is 3. The molecule has 3 aromatic rings. The minimum atomic E-state index is -0.175. The fraction of sp³-hybridized carbons (Fsp3) is 0.385. The summed E-state index contributed by atoms with van der Waals surface area (Å²) in [5, 5.41) is 12.3. The molecule has 2 amide bonds. The van der Waals surface area contributed by atoms with Crippen LogP contribution in [0.25, 0.3) is 10.6 Å². The molecule has 0 aliphatic carbocycles. The maximum atomic E-state index is 13.0. The number of hydrogen-bond acceptors (Lipinski definition) is 5. The first kappa shape index (κ1) is 24.6. The highest BCUT2D eigenvalue weighted by Crippen LogP contribution is 2.26. The molecule has 2 aromatic carbocycles. The highest BCUT2D eigenvalue weighted by Gasteiger charge is 2.17. The summed E-state index contributed by atoms with van der Waals surface area (Å²) < 4.78 is 0. The van der Waals surface area contributed by atoms with Gasteiger partial charge in [0.2, 0.25) is 11.0 Å². The minimum Gasteiger partial charge on any atom is -0.338 e. The summed E-state index contributed by atoms with van der Waals surface area (Å²) in [5.74, 6) is -0.213. The summed E-state index contributed by atoms with van der Waals surface area (Å²) in [6.07, 6.45) is 4.36. The smallest absolute Gasteiger partial charge is 0.253 e. The number of carbonyl (C=O) groups excluding carboxylic acids is 2. The Morgan fingerprint density at radius 1 is 1.00 bits per heavy atom. The predicted octanol–water partition coefficient (Wildman–Crippen LogP) is 5.74. The summed E-state index contributed by atoms with van der Waals surface area (Å²) in [4.78, 5) is 27.3. The van der Waals surface area contributed by atoms with Gasteiger partial charge in [-0.2, -0.15) is 0 Å². The van der Waals surface area contributed by atoms with Gasteiger partial charge in [0.15, 0.2) is 0 Å². The molecule has 1 N–H and O–H groups in total. The number of aromatic nitrogens is 2. The Kier molecular flexibility index (Phi) is 9.13. The van der Waals surface area contributed by atoms with Gasteiger partial charge in [0.05, 0.1) is 0 Å². The van der Waals surface area contributed by atoms with Gasteiger partial charge < -0.3 is 10.2 Å². The van der Waals surface area contributed by atoms with E-state index in [-0.39, 0.29) is 18.2 Å². The van der Waals surface area contributed by atoms with Crippen molar-refractivity contribution in [3.05, 3.63) is 65.2 Å². The summed E-state index contributed by atoms with van der Waals surface area (Å²) in [6, 6.07) is 15.9. The average Bonchev–Trinajstić information content (AvgIpc) is 3.28. The van der Waals surface area contributed by atoms with Crippen molar-refractivity contribution in [3.8, 4) is 10.6 Å². The number of anilines is 1. The van der Waals surface area contributed by atoms with Gasteiger partial charge in [0.25, 0.3) is 5.91 Å². The largest absolute Gasteiger partial charge is 0.338 e. The van der Waals surface area contributed by atoms with E-state index >= 15 is 0 Å². The number of benzene rings is 2. The normalized spacial score (nSPS) is 10.8. The molecule has 1 aromatic heterocycles. The maximum absolute atomic E-state index is 13.0. The average molecular weight is 465 g/mol. The van der Waals surface area contributed by atoms with Crippen molar-refractivity contribution in [2.45, 2.75) is 52.9 Å². The molecule has 0 saturated carbocycles. The van der Waals surface area contributed by atoms with Crippen LogP contribution in [0.15, 0.2) is 48.5 Å². The van der Waals surface area contributed by atoms with Gasteiger partial charge in [-0.25, -0.2) is 0 Å². The lowest BCUT2D eigenvalue weighted by Crippen LogP contribution is -2.34. The number of amides is 2. The van der Waals surface area contributed by atoms with Crippen molar-refractivity contribution in [3.63, 3.8) is 0 Å². The van der Waals surface area contributed by atoms with Crippen LogP contribution in [0.4, 0.5) is 5.13 Å². The molecule has 0 aliphatic heterocycles. The molecule has 6 nitrogen and oxygen atoms in total. The molecule has 1 heterocycles. The van der Waals surface area contributed by atoms with Gasteiger partial charge in [0, 0.05) is 30.6 Å². The Hall–Kier alpha value is -3.06. The van der Waals surface area contributed by atoms with E-state index in [1.807, 2.05) is 62.4 Å². The van der Waals surface area contributed by atoms with Gasteiger partial charge in [-0.05, 0) is 49.9 Å². The SMILES string of the molecule is CCCCc1ccc(C(=O)N(CCC)CCC(=O)Nc2nnc(-c3cccc(C)c3)s2)cc1. The number of unbranched alkanes of at least 4 members (excludes halogenated alkanes) is 1. The van der Waals surface area contributed by atoms with E-state index in [2.05, 4.69) is 22.4 Å². The van der Waals surface area contributed by atoms with E-state index in [1.165, 1.54) is 16.9 Å². The Morgan fingerprint density at radius 2 is 1.79 bits per heavy atom. The first-order chi connectivity index (χ1) is 16.0. The van der Waals surface area contributed by atoms with E-state index in [4.69, 9.17) is 0 Å². The summed E-state index contributed by atoms with van der Waals surface area (Å²) in [7, 11) is 0. The first-order valence-corrected chi connectivity index (χ1v) is 12.4. The zero-order valence-electron chi connectivity index (χ0n) is 19.6. The van der Waals surface area contributed by atoms with Crippen LogP contribution in [-0.2, 0) is 11.2 Å². The zero-order chi connectivity index (χ0) is 23.6. The van der Waals surface area contributed by atoms with Gasteiger partial charge in [0.1, 0.15) is 5.01 Å². The third-order valence-electron chi connectivity index (χ3n) is 5.35. The van der Waals surface area contributed by atoms with Crippen LogP contribution < -0.4 is 5.32 Å². The van der Waals surface area contributed by atoms with Crippen molar-refractivity contribution in [1.29, 1.82) is 0 Å². The number of hydrogen-bond donors (Lipinski definition) is 1. The topological polar surface area (TPSA) is 75.2 Å². The van der Waals surface area contributed by atoms with Crippen LogP contribution in [0.3, 0.4) is 0 Å². The van der Waals surface area contributed by atoms with E-state index < -0.39 is 0 Å². The van der Waals surface area contributed by atoms with Crippen LogP contribution >= 0.6 is 11.3 Å². The number of carbonyl (C=O) groups is 2. The van der Waals surface area contributed by atoms with Crippen molar-refractivity contribution in [1.82, 2.24) is 15.1 Å². The summed E-state index contributed by atoms with van der Waals surface area (Å²) >= 11 is 1.34. The fourth-order valence-electron chi connectivity index (χ4n) is 3.55. The fourth-order valence-corrected chi connectivity index (χ4v) is 4.31. The van der Waals surface area contributed by atoms with Gasteiger partial charge >= 0.3 is 0 Å². The molecule has 0 atom stereocenters. The Morgan fingerprint density at radius 3 is 2.48 bits per heavy atom. The second kappa shape index (κ2) is 12.3. The summed E-state index contributed by atoms with van der Waals surface area (Å²) in [6.45, 7) is 7.20. The minimum absolute atomic E-state index is 0.0376. The van der Waals surface area contributed by atoms with Gasteiger partial charge in [-0.1, -0.05) is 67.5 Å². The molecule has 0 aliphatic rings. The quantitative estimate of drug-likeness (QED) is 0.393. The molecule has 0 saturated heterocycles. The molecule has 0 unspecified atom stereocenters. The molecule has 3 rings (SSSR count). The highest BCUT2D eigenvalue weighted by molar-refractivity contribution is 7.18. The van der Waals surface area contributed by atoms with Crippen molar-refractivity contribution in [2.24, 2.45) is 0 Å². The monoisotopic (exact) mass is 464 g/mol. The Bertz CT molecular complexity index is 1060. The van der Waals surface area contributed by atoms with E-state index in [1.54, 1.807) is 4.90 Å². The van der Waals surface area contributed by atoms with Crippen LogP contribution in [0.5, 0.6) is 0 Å². The van der Waals surface area contributed by atoms with Crippen LogP contribution in [0.1, 0.15) is 61.0 Å². The molecule has 0 fully saturated rings. The molecule has 0 spiro atoms. The number of nitrogens with one attached hydrogen (secondary N) is 1. The zero-order valence-corrected chi connectivity index (χ0v) is 20.5. The van der Waals surface area contributed by atoms with Gasteiger partial charge in [-0.3, -0.25) is 9.59 Å². The maximum Gasteiger partial charge on any atom is 0.253 e. The summed E-state index contributed by atoms with van der Waals surface area (Å²) in [5.41, 5.74) is 4.03. The molecular formula is C26H32N4O2S. The van der Waals surface area contributed by atoms with Crippen molar-refractivity contribution < 1.29 is 9.59 Å². The second-order valence-electron chi connectivity index (χ2n) is 8.17.